The number of nitrogens with zero attached hydrogens (tertiary/aromatic N) is 2. The number of ether oxygens (including phenoxy) is 1. The zero-order valence-corrected chi connectivity index (χ0v) is 10.9. The summed E-state index contributed by atoms with van der Waals surface area (Å²) < 4.78 is 7.69. The zero-order valence-electron chi connectivity index (χ0n) is 10.1. The van der Waals surface area contributed by atoms with Crippen LogP contribution in [0.15, 0.2) is 35.8 Å². The van der Waals surface area contributed by atoms with E-state index >= 15 is 0 Å². The molecule has 0 saturated heterocycles. The summed E-state index contributed by atoms with van der Waals surface area (Å²) in [5.41, 5.74) is 7.44. The van der Waals surface area contributed by atoms with Crippen LogP contribution < -0.4 is 10.5 Å². The largest absolute Gasteiger partial charge is 0.437 e. The summed E-state index contributed by atoms with van der Waals surface area (Å²) in [5.74, 6) is 1.21. The number of thiazole rings is 1. The Balaban J connectivity index is 1.93. The van der Waals surface area contributed by atoms with Crippen molar-refractivity contribution in [2.45, 2.75) is 13.2 Å². The van der Waals surface area contributed by atoms with Crippen molar-refractivity contribution in [1.29, 1.82) is 0 Å². The number of benzene rings is 1. The van der Waals surface area contributed by atoms with Gasteiger partial charge in [-0.3, -0.25) is 4.40 Å². The van der Waals surface area contributed by atoms with E-state index in [4.69, 9.17) is 15.6 Å². The van der Waals surface area contributed by atoms with Crippen molar-refractivity contribution < 1.29 is 9.84 Å². The van der Waals surface area contributed by atoms with Crippen LogP contribution >= 0.6 is 11.3 Å². The molecule has 2 aromatic heterocycles. The first kappa shape index (κ1) is 12.2. The van der Waals surface area contributed by atoms with Crippen molar-refractivity contribution in [3.05, 3.63) is 47.1 Å². The average molecular weight is 275 g/mol. The fraction of sp³-hybridized carbons (Fsp3) is 0.154. The quantitative estimate of drug-likeness (QED) is 0.765. The van der Waals surface area contributed by atoms with Gasteiger partial charge in [0.1, 0.15) is 11.4 Å². The molecule has 0 aliphatic rings. The molecule has 3 rings (SSSR count). The average Bonchev–Trinajstić information content (AvgIpc) is 3.00. The van der Waals surface area contributed by atoms with Crippen LogP contribution in [0.3, 0.4) is 0 Å². The van der Waals surface area contributed by atoms with Crippen LogP contribution in [-0.2, 0) is 13.2 Å². The van der Waals surface area contributed by atoms with Crippen LogP contribution in [0.1, 0.15) is 11.3 Å². The van der Waals surface area contributed by atoms with Gasteiger partial charge in [0.2, 0.25) is 5.88 Å². The predicted molar refractivity (Wildman–Crippen MR) is 73.4 cm³/mol. The molecule has 0 aliphatic heterocycles. The van der Waals surface area contributed by atoms with E-state index in [0.717, 1.165) is 16.2 Å². The van der Waals surface area contributed by atoms with Crippen LogP contribution in [0.5, 0.6) is 11.6 Å². The predicted octanol–water partition coefficient (Wildman–Crippen LogP) is 2.14. The molecular formula is C13H13N3O2S. The minimum absolute atomic E-state index is 0.0224. The van der Waals surface area contributed by atoms with Crippen molar-refractivity contribution in [3.8, 4) is 11.6 Å². The molecule has 0 radical (unpaired) electrons. The molecule has 6 heteroatoms. The molecule has 3 aromatic rings. The van der Waals surface area contributed by atoms with Crippen molar-refractivity contribution in [1.82, 2.24) is 9.38 Å². The Morgan fingerprint density at radius 1 is 1.32 bits per heavy atom. The van der Waals surface area contributed by atoms with Crippen molar-refractivity contribution in [3.63, 3.8) is 0 Å². The highest BCUT2D eigenvalue weighted by Gasteiger charge is 2.13. The van der Waals surface area contributed by atoms with Gasteiger partial charge in [0.25, 0.3) is 0 Å². The first-order valence-electron chi connectivity index (χ1n) is 5.84. The summed E-state index contributed by atoms with van der Waals surface area (Å²) >= 11 is 1.54. The van der Waals surface area contributed by atoms with E-state index in [2.05, 4.69) is 4.98 Å². The Morgan fingerprint density at radius 3 is 2.79 bits per heavy atom. The van der Waals surface area contributed by atoms with Gasteiger partial charge in [0, 0.05) is 18.1 Å². The second-order valence-electron chi connectivity index (χ2n) is 4.03. The van der Waals surface area contributed by atoms with E-state index in [1.165, 1.54) is 11.3 Å². The van der Waals surface area contributed by atoms with Crippen molar-refractivity contribution in [2.24, 2.45) is 5.73 Å². The van der Waals surface area contributed by atoms with E-state index in [9.17, 15) is 0 Å². The molecule has 0 amide bonds. The molecule has 19 heavy (non-hydrogen) atoms. The van der Waals surface area contributed by atoms with Gasteiger partial charge in [-0.05, 0) is 17.7 Å². The molecule has 0 bridgehead atoms. The Kier molecular flexibility index (Phi) is 3.20. The van der Waals surface area contributed by atoms with Crippen molar-refractivity contribution in [2.75, 3.05) is 0 Å². The first-order valence-corrected chi connectivity index (χ1v) is 6.72. The number of rotatable bonds is 4. The molecular weight excluding hydrogens is 262 g/mol. The molecule has 0 unspecified atom stereocenters. The van der Waals surface area contributed by atoms with E-state index in [1.807, 2.05) is 28.1 Å². The van der Waals surface area contributed by atoms with E-state index in [0.29, 0.717) is 18.2 Å². The number of aliphatic hydroxyl groups is 1. The maximum Gasteiger partial charge on any atom is 0.243 e. The number of fused-ring (bicyclic) bond motifs is 1. The number of aromatic nitrogens is 2. The summed E-state index contributed by atoms with van der Waals surface area (Å²) in [5, 5.41) is 11.0. The molecule has 3 N–H and O–H groups in total. The minimum Gasteiger partial charge on any atom is -0.437 e. The topological polar surface area (TPSA) is 72.8 Å². The van der Waals surface area contributed by atoms with Gasteiger partial charge in [0.05, 0.1) is 6.61 Å². The zero-order chi connectivity index (χ0) is 13.2. The lowest BCUT2D eigenvalue weighted by molar-refractivity contribution is 0.281. The molecule has 0 atom stereocenters. The Hall–Kier alpha value is -1.89. The molecule has 0 spiro atoms. The first-order chi connectivity index (χ1) is 9.31. The van der Waals surface area contributed by atoms with Crippen LogP contribution in [0.4, 0.5) is 0 Å². The minimum atomic E-state index is 0.0224. The molecule has 5 nitrogen and oxygen atoms in total. The fourth-order valence-corrected chi connectivity index (χ4v) is 2.58. The van der Waals surface area contributed by atoms with E-state index < -0.39 is 0 Å². The van der Waals surface area contributed by atoms with Gasteiger partial charge < -0.3 is 15.6 Å². The molecule has 0 fully saturated rings. The number of aliphatic hydroxyl groups excluding tert-OH is 1. The molecule has 2 heterocycles. The number of hydrogen-bond donors (Lipinski definition) is 2. The molecule has 0 aliphatic carbocycles. The highest BCUT2D eigenvalue weighted by Crippen LogP contribution is 2.27. The van der Waals surface area contributed by atoms with Crippen LogP contribution in [-0.4, -0.2) is 14.5 Å². The van der Waals surface area contributed by atoms with E-state index in [1.54, 1.807) is 12.1 Å². The van der Waals surface area contributed by atoms with Gasteiger partial charge in [-0.25, -0.2) is 0 Å². The summed E-state index contributed by atoms with van der Waals surface area (Å²) in [6, 6.07) is 7.24. The Labute approximate surface area is 113 Å². The lowest BCUT2D eigenvalue weighted by atomic mass is 10.2. The number of imidazole rings is 1. The van der Waals surface area contributed by atoms with Gasteiger partial charge in [-0.2, -0.15) is 4.98 Å². The van der Waals surface area contributed by atoms with Crippen LogP contribution in [0, 0.1) is 0 Å². The van der Waals surface area contributed by atoms with Crippen molar-refractivity contribution >= 4 is 16.3 Å². The summed E-state index contributed by atoms with van der Waals surface area (Å²) in [6.07, 6.45) is 1.93. The van der Waals surface area contributed by atoms with Gasteiger partial charge in [-0.15, -0.1) is 11.3 Å². The van der Waals surface area contributed by atoms with Gasteiger partial charge in [-0.1, -0.05) is 12.1 Å². The molecule has 1 aromatic carbocycles. The maximum atomic E-state index is 9.00. The highest BCUT2D eigenvalue weighted by molar-refractivity contribution is 7.15. The second kappa shape index (κ2) is 5.00. The second-order valence-corrected chi connectivity index (χ2v) is 4.90. The van der Waals surface area contributed by atoms with Gasteiger partial charge >= 0.3 is 0 Å². The highest BCUT2D eigenvalue weighted by atomic mass is 32.1. The Bertz CT molecular complexity index is 688. The summed E-state index contributed by atoms with van der Waals surface area (Å²) in [6.45, 7) is 0.385. The number of hydrogen-bond acceptors (Lipinski definition) is 5. The normalized spacial score (nSPS) is 11.1. The lowest BCUT2D eigenvalue weighted by Gasteiger charge is -2.05. The third-order valence-corrected chi connectivity index (χ3v) is 3.59. The fourth-order valence-electron chi connectivity index (χ4n) is 1.85. The maximum absolute atomic E-state index is 9.00. The summed E-state index contributed by atoms with van der Waals surface area (Å²) in [4.78, 5) is 5.27. The SMILES string of the molecule is NCc1c(Oc2ccc(CO)cc2)nc2sccn12. The summed E-state index contributed by atoms with van der Waals surface area (Å²) in [7, 11) is 0. The van der Waals surface area contributed by atoms with Gasteiger partial charge in [0.15, 0.2) is 4.96 Å². The number of nitrogens with two attached hydrogens (primary N) is 1. The van der Waals surface area contributed by atoms with Crippen LogP contribution in [0.2, 0.25) is 0 Å². The van der Waals surface area contributed by atoms with Crippen LogP contribution in [0.25, 0.3) is 4.96 Å². The molecule has 0 saturated carbocycles. The molecule has 98 valence electrons. The third-order valence-electron chi connectivity index (χ3n) is 2.84. The third kappa shape index (κ3) is 2.21. The van der Waals surface area contributed by atoms with E-state index in [-0.39, 0.29) is 6.61 Å². The smallest absolute Gasteiger partial charge is 0.243 e. The monoisotopic (exact) mass is 275 g/mol. The Morgan fingerprint density at radius 2 is 2.11 bits per heavy atom. The lowest BCUT2D eigenvalue weighted by Crippen LogP contribution is -2.01. The standard InChI is InChI=1S/C13H13N3O2S/c14-7-11-12(15-13-16(11)5-6-19-13)18-10-3-1-9(8-17)2-4-10/h1-6,17H,7-8,14H2.